The lowest BCUT2D eigenvalue weighted by Crippen LogP contribution is -2.19. The highest BCUT2D eigenvalue weighted by atomic mass is 16.4. The molecule has 1 atom stereocenters. The fourth-order valence-electron chi connectivity index (χ4n) is 0.985. The van der Waals surface area contributed by atoms with Crippen molar-refractivity contribution in [3.63, 3.8) is 0 Å². The van der Waals surface area contributed by atoms with Crippen molar-refractivity contribution in [3.8, 4) is 6.07 Å². The minimum Gasteiger partial charge on any atom is -0.411 e. The molecule has 0 aliphatic carbocycles. The highest BCUT2D eigenvalue weighted by Gasteiger charge is 2.17. The van der Waals surface area contributed by atoms with E-state index in [-0.39, 0.29) is 5.78 Å². The largest absolute Gasteiger partial charge is 0.411 e. The molecule has 0 saturated heterocycles. The molecule has 1 unspecified atom stereocenters. The summed E-state index contributed by atoms with van der Waals surface area (Å²) in [5.74, 6) is -0.477. The second kappa shape index (κ2) is 5.30. The average molecular weight is 168 g/mol. The van der Waals surface area contributed by atoms with Gasteiger partial charge < -0.3 is 5.21 Å². The van der Waals surface area contributed by atoms with Gasteiger partial charge in [0.2, 0.25) is 0 Å². The summed E-state index contributed by atoms with van der Waals surface area (Å²) in [6.45, 7) is 3.00. The number of rotatable bonds is 4. The van der Waals surface area contributed by atoms with Crippen molar-refractivity contribution in [3.05, 3.63) is 0 Å². The lowest BCUT2D eigenvalue weighted by molar-refractivity contribution is -0.119. The van der Waals surface area contributed by atoms with Crippen LogP contribution in [0.25, 0.3) is 0 Å². The van der Waals surface area contributed by atoms with E-state index in [1.165, 1.54) is 6.92 Å². The number of ketones is 1. The Morgan fingerprint density at radius 1 is 1.67 bits per heavy atom. The monoisotopic (exact) mass is 168 g/mol. The molecule has 0 saturated carbocycles. The molecule has 4 nitrogen and oxygen atoms in total. The van der Waals surface area contributed by atoms with E-state index in [1.54, 1.807) is 6.92 Å². The molecule has 0 fully saturated rings. The van der Waals surface area contributed by atoms with E-state index < -0.39 is 5.92 Å². The molecule has 0 aromatic rings. The molecule has 0 aliphatic heterocycles. The van der Waals surface area contributed by atoms with Gasteiger partial charge in [-0.25, -0.2) is 0 Å². The van der Waals surface area contributed by atoms with Crippen LogP contribution in [0.5, 0.6) is 0 Å². The topological polar surface area (TPSA) is 73.5 Å². The van der Waals surface area contributed by atoms with E-state index >= 15 is 0 Å². The molecule has 0 rings (SSSR count). The van der Waals surface area contributed by atoms with Crippen molar-refractivity contribution in [1.82, 2.24) is 0 Å². The van der Waals surface area contributed by atoms with Gasteiger partial charge in [-0.2, -0.15) is 5.26 Å². The van der Waals surface area contributed by atoms with Gasteiger partial charge >= 0.3 is 0 Å². The van der Waals surface area contributed by atoms with Crippen molar-refractivity contribution in [1.29, 1.82) is 5.26 Å². The summed E-state index contributed by atoms with van der Waals surface area (Å²) in [7, 11) is 0. The summed E-state index contributed by atoms with van der Waals surface area (Å²) in [6, 6.07) is 1.94. The third-order valence-electron chi connectivity index (χ3n) is 1.70. The Kier molecular flexibility index (Phi) is 4.70. The molecular weight excluding hydrogens is 156 g/mol. The molecule has 0 aromatic carbocycles. The maximum Gasteiger partial charge on any atom is 0.138 e. The highest BCUT2D eigenvalue weighted by Crippen LogP contribution is 2.09. The van der Waals surface area contributed by atoms with Crippen LogP contribution in [0.2, 0.25) is 0 Å². The number of carbonyl (C=O) groups excluding carboxylic acids is 1. The Morgan fingerprint density at radius 2 is 2.25 bits per heavy atom. The van der Waals surface area contributed by atoms with Gasteiger partial charge in [-0.15, -0.1) is 0 Å². The second-order valence-electron chi connectivity index (χ2n) is 2.60. The van der Waals surface area contributed by atoms with Crippen LogP contribution in [0.1, 0.15) is 26.7 Å². The standard InChI is InChI=1S/C8H12N2O2/c1-6(10-12)8(7(2)11)4-3-5-9/h8,12H,3-4H2,1-2H3/b10-6+. The van der Waals surface area contributed by atoms with Gasteiger partial charge in [0, 0.05) is 6.42 Å². The van der Waals surface area contributed by atoms with Gasteiger partial charge in [0.25, 0.3) is 0 Å². The normalized spacial score (nSPS) is 13.6. The molecule has 0 aliphatic rings. The Balaban J connectivity index is 4.26. The summed E-state index contributed by atoms with van der Waals surface area (Å²) < 4.78 is 0. The summed E-state index contributed by atoms with van der Waals surface area (Å²) in [4.78, 5) is 10.9. The van der Waals surface area contributed by atoms with Crippen molar-refractivity contribution in [2.45, 2.75) is 26.7 Å². The third-order valence-corrected chi connectivity index (χ3v) is 1.70. The van der Waals surface area contributed by atoms with Crippen LogP contribution in [0.4, 0.5) is 0 Å². The second-order valence-corrected chi connectivity index (χ2v) is 2.60. The van der Waals surface area contributed by atoms with Gasteiger partial charge in [0.15, 0.2) is 0 Å². The molecular formula is C8H12N2O2. The minimum atomic E-state index is -0.408. The molecule has 12 heavy (non-hydrogen) atoms. The number of nitriles is 1. The first-order valence-electron chi connectivity index (χ1n) is 3.69. The van der Waals surface area contributed by atoms with Gasteiger partial charge in [0.05, 0.1) is 17.7 Å². The summed E-state index contributed by atoms with van der Waals surface area (Å²) in [5, 5.41) is 19.6. The molecule has 0 amide bonds. The predicted octanol–water partition coefficient (Wildman–Crippen LogP) is 1.35. The molecule has 4 heteroatoms. The van der Waals surface area contributed by atoms with Crippen LogP contribution in [0.15, 0.2) is 5.16 Å². The van der Waals surface area contributed by atoms with Gasteiger partial charge in [-0.3, -0.25) is 4.79 Å². The van der Waals surface area contributed by atoms with Crippen molar-refractivity contribution in [2.24, 2.45) is 11.1 Å². The van der Waals surface area contributed by atoms with E-state index in [0.717, 1.165) is 0 Å². The Morgan fingerprint density at radius 3 is 2.58 bits per heavy atom. The molecule has 1 N–H and O–H groups in total. The van der Waals surface area contributed by atoms with Crippen LogP contribution in [0, 0.1) is 17.2 Å². The first kappa shape index (κ1) is 10.6. The van der Waals surface area contributed by atoms with Gasteiger partial charge in [-0.05, 0) is 20.3 Å². The number of Topliss-reactive ketones (excluding diaryl/α,β-unsaturated/α-hetero) is 1. The lowest BCUT2D eigenvalue weighted by Gasteiger charge is -2.08. The van der Waals surface area contributed by atoms with E-state index in [0.29, 0.717) is 18.6 Å². The van der Waals surface area contributed by atoms with Crippen LogP contribution in [-0.4, -0.2) is 16.7 Å². The van der Waals surface area contributed by atoms with Gasteiger partial charge in [-0.1, -0.05) is 5.16 Å². The first-order valence-corrected chi connectivity index (χ1v) is 3.69. The summed E-state index contributed by atoms with van der Waals surface area (Å²) in [5.41, 5.74) is 0.373. The highest BCUT2D eigenvalue weighted by molar-refractivity contribution is 6.02. The maximum absolute atomic E-state index is 10.9. The molecule has 0 aromatic heterocycles. The van der Waals surface area contributed by atoms with Crippen LogP contribution >= 0.6 is 0 Å². The van der Waals surface area contributed by atoms with Crippen LogP contribution in [0.3, 0.4) is 0 Å². The first-order chi connectivity index (χ1) is 5.63. The zero-order valence-electron chi connectivity index (χ0n) is 7.24. The predicted molar refractivity (Wildman–Crippen MR) is 43.9 cm³/mol. The quantitative estimate of drug-likeness (QED) is 0.391. The summed E-state index contributed by atoms with van der Waals surface area (Å²) in [6.07, 6.45) is 0.735. The lowest BCUT2D eigenvalue weighted by atomic mass is 9.95. The SMILES string of the molecule is CC(=O)C(CCC#N)/C(C)=N/O. The van der Waals surface area contributed by atoms with E-state index in [4.69, 9.17) is 10.5 Å². The van der Waals surface area contributed by atoms with Crippen molar-refractivity contribution in [2.75, 3.05) is 0 Å². The zero-order valence-corrected chi connectivity index (χ0v) is 7.24. The molecule has 0 radical (unpaired) electrons. The van der Waals surface area contributed by atoms with Gasteiger partial charge in [0.1, 0.15) is 5.78 Å². The van der Waals surface area contributed by atoms with E-state index in [9.17, 15) is 4.79 Å². The van der Waals surface area contributed by atoms with Crippen molar-refractivity contribution < 1.29 is 10.0 Å². The average Bonchev–Trinajstić information content (AvgIpc) is 2.04. The molecule has 0 spiro atoms. The Labute approximate surface area is 71.5 Å². The number of hydrogen-bond donors (Lipinski definition) is 1. The smallest absolute Gasteiger partial charge is 0.138 e. The molecule has 0 heterocycles. The number of carbonyl (C=O) groups is 1. The molecule has 0 bridgehead atoms. The number of oxime groups is 1. The minimum absolute atomic E-state index is 0.0689. The maximum atomic E-state index is 10.9. The third kappa shape index (κ3) is 3.15. The molecule has 66 valence electrons. The number of nitrogens with zero attached hydrogens (tertiary/aromatic N) is 2. The van der Waals surface area contributed by atoms with E-state index in [1.807, 2.05) is 6.07 Å². The van der Waals surface area contributed by atoms with Crippen molar-refractivity contribution >= 4 is 11.5 Å². The Hall–Kier alpha value is -1.37. The van der Waals surface area contributed by atoms with Crippen LogP contribution < -0.4 is 0 Å². The fraction of sp³-hybridized carbons (Fsp3) is 0.625. The zero-order chi connectivity index (χ0) is 9.56. The summed E-state index contributed by atoms with van der Waals surface area (Å²) >= 11 is 0. The Bertz CT molecular complexity index is 228. The van der Waals surface area contributed by atoms with E-state index in [2.05, 4.69) is 5.16 Å². The fourth-order valence-corrected chi connectivity index (χ4v) is 0.985. The number of hydrogen-bond acceptors (Lipinski definition) is 4. The van der Waals surface area contributed by atoms with Crippen LogP contribution in [-0.2, 0) is 4.79 Å².